The Hall–Kier alpha value is -0.180. The van der Waals surface area contributed by atoms with Crippen molar-refractivity contribution in [3.05, 3.63) is 0 Å². The monoisotopic (exact) mass is 174 g/mol. The summed E-state index contributed by atoms with van der Waals surface area (Å²) >= 11 is 0. The zero-order chi connectivity index (χ0) is 8.27. The maximum absolute atomic E-state index is 11.2. The summed E-state index contributed by atoms with van der Waals surface area (Å²) in [4.78, 5) is 11.1. The highest BCUT2D eigenvalue weighted by Crippen LogP contribution is 2.17. The van der Waals surface area contributed by atoms with Crippen molar-refractivity contribution in [1.29, 1.82) is 0 Å². The molecule has 1 fully saturated rings. The Morgan fingerprint density at radius 2 is 2.36 bits per heavy atom. The van der Waals surface area contributed by atoms with Crippen molar-refractivity contribution < 1.29 is 9.00 Å². The van der Waals surface area contributed by atoms with Crippen LogP contribution in [0, 0.1) is 0 Å². The van der Waals surface area contributed by atoms with Gasteiger partial charge in [0.25, 0.3) is 0 Å². The highest BCUT2D eigenvalue weighted by molar-refractivity contribution is 7.87. The Bertz CT molecular complexity index is 161. The predicted octanol–water partition coefficient (Wildman–Crippen LogP) is 1.27. The third kappa shape index (κ3) is 2.12. The molecule has 3 heteroatoms. The van der Waals surface area contributed by atoms with Crippen molar-refractivity contribution in [3.63, 3.8) is 0 Å². The Morgan fingerprint density at radius 3 is 2.82 bits per heavy atom. The number of unbranched alkanes of at least 4 members (excludes halogenated alkanes) is 1. The van der Waals surface area contributed by atoms with E-state index >= 15 is 0 Å². The molecule has 1 saturated heterocycles. The lowest BCUT2D eigenvalue weighted by molar-refractivity contribution is -0.117. The van der Waals surface area contributed by atoms with E-state index in [1.807, 2.05) is 0 Å². The molecule has 1 heterocycles. The van der Waals surface area contributed by atoms with Crippen molar-refractivity contribution in [3.8, 4) is 0 Å². The molecule has 0 aromatic heterocycles. The van der Waals surface area contributed by atoms with Gasteiger partial charge in [-0.15, -0.1) is 0 Å². The van der Waals surface area contributed by atoms with Crippen molar-refractivity contribution in [2.24, 2.45) is 0 Å². The largest absolute Gasteiger partial charge is 0.298 e. The van der Waals surface area contributed by atoms with E-state index in [9.17, 15) is 9.00 Å². The highest BCUT2D eigenvalue weighted by Gasteiger charge is 2.30. The number of hydrogen-bond donors (Lipinski definition) is 0. The summed E-state index contributed by atoms with van der Waals surface area (Å²) in [6.07, 6.45) is 3.49. The Labute approximate surface area is 69.8 Å². The van der Waals surface area contributed by atoms with E-state index in [2.05, 4.69) is 6.92 Å². The molecular weight excluding hydrogens is 160 g/mol. The lowest BCUT2D eigenvalue weighted by Gasteiger charge is -2.04. The topological polar surface area (TPSA) is 34.1 Å². The first-order chi connectivity index (χ1) is 5.25. The van der Waals surface area contributed by atoms with Crippen LogP contribution >= 0.6 is 0 Å². The molecule has 0 spiro atoms. The molecule has 1 rings (SSSR count). The molecule has 0 aromatic rings. The molecule has 0 N–H and O–H groups in total. The summed E-state index contributed by atoms with van der Waals surface area (Å²) in [5.74, 6) is 0.824. The molecule has 1 aliphatic heterocycles. The van der Waals surface area contributed by atoms with E-state index in [1.54, 1.807) is 0 Å². The standard InChI is InChI=1S/C8H14O2S/c1-2-3-4-8-7(9)5-6-11(8)10/h8H,2-6H2,1H3. The molecule has 0 aromatic carbocycles. The van der Waals surface area contributed by atoms with Crippen LogP contribution in [0.2, 0.25) is 0 Å². The maximum Gasteiger partial charge on any atom is 0.149 e. The van der Waals surface area contributed by atoms with E-state index in [1.165, 1.54) is 0 Å². The minimum atomic E-state index is -0.842. The van der Waals surface area contributed by atoms with Gasteiger partial charge in [-0.3, -0.25) is 9.00 Å². The van der Waals surface area contributed by atoms with E-state index in [0.29, 0.717) is 12.2 Å². The van der Waals surface area contributed by atoms with Crippen LogP contribution in [0.3, 0.4) is 0 Å². The van der Waals surface area contributed by atoms with Crippen LogP contribution in [-0.2, 0) is 15.6 Å². The smallest absolute Gasteiger partial charge is 0.149 e. The van der Waals surface area contributed by atoms with Gasteiger partial charge in [0.1, 0.15) is 5.78 Å². The minimum Gasteiger partial charge on any atom is -0.298 e. The van der Waals surface area contributed by atoms with E-state index < -0.39 is 10.8 Å². The lowest BCUT2D eigenvalue weighted by Crippen LogP contribution is -2.17. The van der Waals surface area contributed by atoms with Crippen LogP contribution < -0.4 is 0 Å². The van der Waals surface area contributed by atoms with Crippen LogP contribution in [-0.4, -0.2) is 21.0 Å². The summed E-state index contributed by atoms with van der Waals surface area (Å²) in [5, 5.41) is -0.116. The lowest BCUT2D eigenvalue weighted by atomic mass is 10.1. The van der Waals surface area contributed by atoms with Crippen LogP contribution in [0.25, 0.3) is 0 Å². The van der Waals surface area contributed by atoms with E-state index in [-0.39, 0.29) is 11.0 Å². The fraction of sp³-hybridized carbons (Fsp3) is 0.875. The van der Waals surface area contributed by atoms with E-state index in [0.717, 1.165) is 19.3 Å². The zero-order valence-corrected chi connectivity index (χ0v) is 7.65. The van der Waals surface area contributed by atoms with Gasteiger partial charge in [-0.05, 0) is 6.42 Å². The Morgan fingerprint density at radius 1 is 1.64 bits per heavy atom. The van der Waals surface area contributed by atoms with Crippen LogP contribution in [0.5, 0.6) is 0 Å². The van der Waals surface area contributed by atoms with Gasteiger partial charge in [-0.1, -0.05) is 19.8 Å². The van der Waals surface area contributed by atoms with Gasteiger partial charge in [0.15, 0.2) is 0 Å². The van der Waals surface area contributed by atoms with Crippen LogP contribution in [0.4, 0.5) is 0 Å². The van der Waals surface area contributed by atoms with Gasteiger partial charge in [0.05, 0.1) is 5.25 Å². The quantitative estimate of drug-likeness (QED) is 0.645. The maximum atomic E-state index is 11.2. The first-order valence-electron chi connectivity index (χ1n) is 4.15. The van der Waals surface area contributed by atoms with Gasteiger partial charge in [0, 0.05) is 23.0 Å². The normalized spacial score (nSPS) is 31.2. The zero-order valence-electron chi connectivity index (χ0n) is 6.84. The van der Waals surface area contributed by atoms with Crippen LogP contribution in [0.1, 0.15) is 32.6 Å². The molecular formula is C8H14O2S. The molecule has 0 bridgehead atoms. The third-order valence-electron chi connectivity index (χ3n) is 2.05. The highest BCUT2D eigenvalue weighted by atomic mass is 32.2. The van der Waals surface area contributed by atoms with Crippen molar-refractivity contribution in [1.82, 2.24) is 0 Å². The SMILES string of the molecule is CCCCC1C(=O)CCS1=O. The fourth-order valence-corrected chi connectivity index (χ4v) is 2.86. The molecule has 1 aliphatic rings. The molecule has 64 valence electrons. The fourth-order valence-electron chi connectivity index (χ4n) is 1.33. The predicted molar refractivity (Wildman–Crippen MR) is 45.9 cm³/mol. The average Bonchev–Trinajstić information content (AvgIpc) is 2.29. The summed E-state index contributed by atoms with van der Waals surface area (Å²) in [7, 11) is -0.842. The van der Waals surface area contributed by atoms with Gasteiger partial charge >= 0.3 is 0 Å². The second-order valence-electron chi connectivity index (χ2n) is 2.93. The number of carbonyl (C=O) groups excluding carboxylic acids is 1. The first kappa shape index (κ1) is 8.91. The Balaban J connectivity index is 2.41. The molecule has 2 unspecified atom stereocenters. The molecule has 0 radical (unpaired) electrons. The van der Waals surface area contributed by atoms with Gasteiger partial charge in [0.2, 0.25) is 0 Å². The van der Waals surface area contributed by atoms with Crippen LogP contribution in [0.15, 0.2) is 0 Å². The van der Waals surface area contributed by atoms with Gasteiger partial charge < -0.3 is 0 Å². The molecule has 0 saturated carbocycles. The number of rotatable bonds is 3. The average molecular weight is 174 g/mol. The first-order valence-corrected chi connectivity index (χ1v) is 5.53. The molecule has 0 aliphatic carbocycles. The van der Waals surface area contributed by atoms with Crippen molar-refractivity contribution in [2.75, 3.05) is 5.75 Å². The summed E-state index contributed by atoms with van der Waals surface area (Å²) in [5.41, 5.74) is 0. The molecule has 0 amide bonds. The molecule has 2 nitrogen and oxygen atoms in total. The van der Waals surface area contributed by atoms with Gasteiger partial charge in [-0.25, -0.2) is 0 Å². The van der Waals surface area contributed by atoms with Crippen molar-refractivity contribution >= 4 is 16.6 Å². The van der Waals surface area contributed by atoms with E-state index in [4.69, 9.17) is 0 Å². The number of carbonyl (C=O) groups is 1. The summed E-state index contributed by atoms with van der Waals surface area (Å²) in [6.45, 7) is 2.09. The Kier molecular flexibility index (Phi) is 3.24. The minimum absolute atomic E-state index is 0.116. The number of Topliss-reactive ketones (excluding diaryl/α,β-unsaturated/α-hetero) is 1. The summed E-state index contributed by atoms with van der Waals surface area (Å²) < 4.78 is 11.2. The molecule has 2 atom stereocenters. The molecule has 11 heavy (non-hydrogen) atoms. The second kappa shape index (κ2) is 4.00. The number of ketones is 1. The summed E-state index contributed by atoms with van der Waals surface area (Å²) in [6, 6.07) is 0. The van der Waals surface area contributed by atoms with Crippen molar-refractivity contribution in [2.45, 2.75) is 37.9 Å². The third-order valence-corrected chi connectivity index (χ3v) is 3.79. The second-order valence-corrected chi connectivity index (χ2v) is 4.67. The number of hydrogen-bond acceptors (Lipinski definition) is 2. The van der Waals surface area contributed by atoms with Gasteiger partial charge in [-0.2, -0.15) is 0 Å².